The molecule has 0 aromatic heterocycles. The molecule has 11 amide bonds. The molecule has 3 heterocycles. The van der Waals surface area contributed by atoms with Gasteiger partial charge in [0.1, 0.15) is 48.3 Å². The SMILES string of the molecule is CCCCCCN1C(=O)CC(SC[C@H](NC(=O)CNC(=O)[C@@H]2C[C@@H](O)CN2C(=O)[C@@H]2CCCN2C(=O)[C@H](CCCN=C(N)N)NC(=O)[C@H](N)CCCN=C(N)N)C(=O)N[C@@H](CO)C(=O)N[C@H](Cc2ccccc2)C(=O)N[C@@H](CC(C)C)C(=O)N[C@@H](CCCN=C(N)N)C(=O)O)C1=O. The highest BCUT2D eigenvalue weighted by atomic mass is 32.2. The number of rotatable bonds is 42. The fourth-order valence-electron chi connectivity index (χ4n) is 11.1. The van der Waals surface area contributed by atoms with Gasteiger partial charge in [-0.2, -0.15) is 0 Å². The van der Waals surface area contributed by atoms with Gasteiger partial charge in [0, 0.05) is 64.3 Å². The molecule has 3 aliphatic heterocycles. The Hall–Kier alpha value is -8.90. The van der Waals surface area contributed by atoms with Crippen molar-refractivity contribution in [2.24, 2.45) is 61.0 Å². The molecule has 0 saturated carbocycles. The average molecular weight is 1390 g/mol. The van der Waals surface area contributed by atoms with Gasteiger partial charge in [-0.3, -0.25) is 72.6 Å². The summed E-state index contributed by atoms with van der Waals surface area (Å²) in [4.78, 5) is 181. The molecule has 3 aliphatic rings. The minimum atomic E-state index is -1.83. The third-order valence-corrected chi connectivity index (χ3v) is 17.5. The van der Waals surface area contributed by atoms with Crippen LogP contribution in [0.25, 0.3) is 0 Å². The molecular weight excluding hydrogens is 1280 g/mol. The highest BCUT2D eigenvalue weighted by Gasteiger charge is 2.46. The van der Waals surface area contributed by atoms with Crippen LogP contribution in [0.2, 0.25) is 0 Å². The Balaban J connectivity index is 1.54. The average Bonchev–Trinajstić information content (AvgIpc) is 1.68. The number of carbonyl (C=O) groups is 12. The zero-order valence-corrected chi connectivity index (χ0v) is 56.2. The van der Waals surface area contributed by atoms with Crippen LogP contribution in [0.15, 0.2) is 45.3 Å². The Kier molecular flexibility index (Phi) is 34.3. The maximum absolute atomic E-state index is 14.5. The van der Waals surface area contributed by atoms with Crippen molar-refractivity contribution >= 4 is 101 Å². The number of carboxylic acids is 1. The summed E-state index contributed by atoms with van der Waals surface area (Å²) in [5.41, 5.74) is 39.3. The number of carbonyl (C=O) groups excluding carboxylic acids is 11. The van der Waals surface area contributed by atoms with Gasteiger partial charge in [-0.15, -0.1) is 11.8 Å². The number of nitrogens with zero attached hydrogens (tertiary/aromatic N) is 6. The monoisotopic (exact) mass is 1380 g/mol. The molecule has 3 saturated heterocycles. The lowest BCUT2D eigenvalue weighted by molar-refractivity contribution is -0.148. The molecule has 4 rings (SSSR count). The molecule has 97 heavy (non-hydrogen) atoms. The molecule has 0 bridgehead atoms. The first-order chi connectivity index (χ1) is 46.0. The standard InChI is InChI=1S/C61H100N20O15S/c1-4-5-6-10-24-80-48(85)29-46(57(80)94)97-33-43(53(90)78-42(32-82)52(89)77-41(27-35-15-8-7-9-16-35)51(88)76-40(26-34(2)3)50(87)75-39(58(95)96)19-13-23-71-61(67)68)73-47(84)30-72-54(91)45-28-36(83)31-81(45)56(93)44-20-14-25-79(44)55(92)38(18-12-22-70-60(65)66)74-49(86)37(62)17-11-21-69-59(63)64/h7-9,15-16,34,36-46,82-83H,4-6,10-14,17-33,62H2,1-3H3,(H,72,91)(H,73,84)(H,74,86)(H,75,87)(H,76,88)(H,77,89)(H,78,90)(H,95,96)(H4,63,64,69)(H4,65,66,70)(H4,67,68,71)/t36-,37-,38+,39+,40+,41-,42+,43+,44+,45+,46?/m1/s1. The largest absolute Gasteiger partial charge is 0.480 e. The number of thioether (sulfide) groups is 1. The number of benzene rings is 1. The normalized spacial score (nSPS) is 18.9. The van der Waals surface area contributed by atoms with Crippen LogP contribution in [0, 0.1) is 5.92 Å². The second-order valence-electron chi connectivity index (χ2n) is 24.5. The molecule has 1 aromatic rings. The van der Waals surface area contributed by atoms with Gasteiger partial charge in [0.2, 0.25) is 65.0 Å². The number of hydrogen-bond donors (Lipinski definition) is 17. The summed E-state index contributed by atoms with van der Waals surface area (Å²) in [7, 11) is 0. The maximum atomic E-state index is 14.5. The van der Waals surface area contributed by atoms with Gasteiger partial charge in [-0.05, 0) is 75.7 Å². The van der Waals surface area contributed by atoms with E-state index in [0.717, 1.165) is 40.8 Å². The van der Waals surface area contributed by atoms with Crippen LogP contribution >= 0.6 is 11.8 Å². The summed E-state index contributed by atoms with van der Waals surface area (Å²) >= 11 is 0.860. The van der Waals surface area contributed by atoms with Crippen LogP contribution in [0.5, 0.6) is 0 Å². The van der Waals surface area contributed by atoms with E-state index in [1.165, 1.54) is 4.90 Å². The number of aliphatic hydroxyl groups excluding tert-OH is 2. The molecule has 0 spiro atoms. The summed E-state index contributed by atoms with van der Waals surface area (Å²) < 4.78 is 0. The summed E-state index contributed by atoms with van der Waals surface area (Å²) in [5.74, 6) is -11.3. The first-order valence-corrected chi connectivity index (χ1v) is 33.7. The van der Waals surface area contributed by atoms with Crippen molar-refractivity contribution in [3.05, 3.63) is 35.9 Å². The zero-order chi connectivity index (χ0) is 71.9. The molecule has 36 heteroatoms. The van der Waals surface area contributed by atoms with E-state index in [4.69, 9.17) is 40.1 Å². The Labute approximate surface area is 567 Å². The van der Waals surface area contributed by atoms with Gasteiger partial charge in [0.15, 0.2) is 17.9 Å². The number of imide groups is 1. The third kappa shape index (κ3) is 27.3. The Morgan fingerprint density at radius 3 is 1.81 bits per heavy atom. The Morgan fingerprint density at radius 2 is 1.22 bits per heavy atom. The van der Waals surface area contributed by atoms with Gasteiger partial charge >= 0.3 is 5.97 Å². The fourth-order valence-corrected chi connectivity index (χ4v) is 12.3. The molecule has 1 unspecified atom stereocenters. The van der Waals surface area contributed by atoms with Crippen molar-refractivity contribution in [3.63, 3.8) is 0 Å². The first-order valence-electron chi connectivity index (χ1n) is 32.7. The number of likely N-dealkylation sites (tertiary alicyclic amines) is 3. The van der Waals surface area contributed by atoms with E-state index in [-0.39, 0.29) is 127 Å². The van der Waals surface area contributed by atoms with Crippen molar-refractivity contribution in [2.45, 2.75) is 189 Å². The molecule has 0 radical (unpaired) electrons. The van der Waals surface area contributed by atoms with Gasteiger partial charge in [0.25, 0.3) is 0 Å². The molecule has 540 valence electrons. The number of amides is 11. The fraction of sp³-hybridized carbons (Fsp3) is 0.656. The third-order valence-electron chi connectivity index (χ3n) is 16.2. The predicted octanol–water partition coefficient (Wildman–Crippen LogP) is -5.74. The number of guanidine groups is 3. The molecule has 1 aromatic carbocycles. The van der Waals surface area contributed by atoms with Gasteiger partial charge in [-0.25, -0.2) is 4.79 Å². The van der Waals surface area contributed by atoms with E-state index in [0.29, 0.717) is 24.8 Å². The minimum absolute atomic E-state index is 0.0236. The first kappa shape index (κ1) is 80.5. The van der Waals surface area contributed by atoms with Crippen LogP contribution in [-0.2, 0) is 64.0 Å². The second-order valence-corrected chi connectivity index (χ2v) is 25.7. The lowest BCUT2D eigenvalue weighted by Gasteiger charge is -2.33. The maximum Gasteiger partial charge on any atom is 0.326 e. The predicted molar refractivity (Wildman–Crippen MR) is 359 cm³/mol. The molecule has 11 atom stereocenters. The molecule has 35 nitrogen and oxygen atoms in total. The van der Waals surface area contributed by atoms with Gasteiger partial charge in [-0.1, -0.05) is 70.4 Å². The number of carboxylic acid groups (broad SMARTS) is 1. The molecule has 0 aliphatic carbocycles. The van der Waals surface area contributed by atoms with Crippen molar-refractivity contribution in [1.29, 1.82) is 0 Å². The summed E-state index contributed by atoms with van der Waals surface area (Å²) in [6, 6.07) is -4.10. The number of hydrogen-bond acceptors (Lipinski definition) is 19. The van der Waals surface area contributed by atoms with Crippen LogP contribution in [0.4, 0.5) is 0 Å². The molecule has 24 N–H and O–H groups in total. The smallest absolute Gasteiger partial charge is 0.326 e. The van der Waals surface area contributed by atoms with E-state index >= 15 is 0 Å². The Bertz CT molecular complexity index is 2950. The highest BCUT2D eigenvalue weighted by molar-refractivity contribution is 8.00. The van der Waals surface area contributed by atoms with Crippen molar-refractivity contribution in [3.8, 4) is 0 Å². The number of nitrogens with one attached hydrogen (secondary N) is 7. The molecule has 3 fully saturated rings. The number of unbranched alkanes of at least 4 members (excludes halogenated alkanes) is 3. The van der Waals surface area contributed by atoms with Gasteiger partial charge in [0.05, 0.1) is 30.5 Å². The topological polar surface area (TPSA) is 579 Å². The quantitative estimate of drug-likeness (QED) is 0.0126. The van der Waals surface area contributed by atoms with Crippen molar-refractivity contribution in [2.75, 3.05) is 58.2 Å². The van der Waals surface area contributed by atoms with Crippen LogP contribution < -0.4 is 77.4 Å². The van der Waals surface area contributed by atoms with Crippen molar-refractivity contribution < 1.29 is 72.9 Å². The van der Waals surface area contributed by atoms with Gasteiger partial charge < -0.3 is 102 Å². The van der Waals surface area contributed by atoms with Crippen LogP contribution in [-0.4, -0.2) is 243 Å². The second kappa shape index (κ2) is 41.3. The van der Waals surface area contributed by atoms with E-state index in [1.807, 2.05) is 6.92 Å². The van der Waals surface area contributed by atoms with Crippen molar-refractivity contribution in [1.82, 2.24) is 51.9 Å². The summed E-state index contributed by atoms with van der Waals surface area (Å²) in [5, 5.41) is 48.2. The number of β-amino-alcohol motifs (C(OH)–C–C–N with tert-alkyl or cyclic N) is 1. The number of aliphatic imine (C=N–C) groups is 3. The van der Waals surface area contributed by atoms with E-state index in [1.54, 1.807) is 44.2 Å². The number of nitrogens with two attached hydrogens (primary N) is 7. The Morgan fingerprint density at radius 1 is 0.660 bits per heavy atom. The van der Waals surface area contributed by atoms with Crippen LogP contribution in [0.1, 0.15) is 123 Å². The van der Waals surface area contributed by atoms with E-state index in [9.17, 15) is 72.9 Å². The summed E-state index contributed by atoms with van der Waals surface area (Å²) in [6.07, 6.45) is 2.64. The molecular formula is C61H100N20O15S. The summed E-state index contributed by atoms with van der Waals surface area (Å²) in [6.45, 7) is 3.93. The van der Waals surface area contributed by atoms with Crippen LogP contribution in [0.3, 0.4) is 0 Å². The van der Waals surface area contributed by atoms with E-state index < -0.39 is 156 Å². The lowest BCUT2D eigenvalue weighted by Crippen LogP contribution is -2.60. The zero-order valence-electron chi connectivity index (χ0n) is 55.4. The van der Waals surface area contributed by atoms with E-state index in [2.05, 4.69) is 52.2 Å². The number of aliphatic hydroxyl groups is 2. The minimum Gasteiger partial charge on any atom is -0.480 e. The lowest BCUT2D eigenvalue weighted by atomic mass is 10.00. The highest BCUT2D eigenvalue weighted by Crippen LogP contribution is 2.28. The number of aliphatic carboxylic acids is 1.